The molecule has 2 aromatic rings. The Morgan fingerprint density at radius 3 is 2.62 bits per heavy atom. The molecule has 0 saturated carbocycles. The Morgan fingerprint density at radius 1 is 1.25 bits per heavy atom. The van der Waals surface area contributed by atoms with Gasteiger partial charge in [-0.1, -0.05) is 28.1 Å². The quantitative estimate of drug-likeness (QED) is 0.373. The van der Waals surface area contributed by atoms with Gasteiger partial charge in [-0.3, -0.25) is 19.7 Å². The van der Waals surface area contributed by atoms with Crippen molar-refractivity contribution in [3.63, 3.8) is 0 Å². The molecular weight excluding hydrogens is 380 g/mol. The van der Waals surface area contributed by atoms with Crippen molar-refractivity contribution in [2.75, 3.05) is 11.9 Å². The number of carbonyl (C=O) groups excluding carboxylic acids is 2. The lowest BCUT2D eigenvalue weighted by atomic mass is 10.0. The highest BCUT2D eigenvalue weighted by Crippen LogP contribution is 2.33. The predicted molar refractivity (Wildman–Crippen MR) is 89.7 cm³/mol. The van der Waals surface area contributed by atoms with Crippen LogP contribution in [0.15, 0.2) is 42.5 Å². The Bertz CT molecular complexity index is 835. The van der Waals surface area contributed by atoms with Crippen LogP contribution in [0.25, 0.3) is 0 Å². The number of carbonyl (C=O) groups is 2. The summed E-state index contributed by atoms with van der Waals surface area (Å²) in [4.78, 5) is 33.5. The van der Waals surface area contributed by atoms with Crippen molar-refractivity contribution in [3.8, 4) is 5.75 Å². The van der Waals surface area contributed by atoms with Gasteiger partial charge >= 0.3 is 0 Å². The average molecular weight is 391 g/mol. The van der Waals surface area contributed by atoms with E-state index in [1.165, 1.54) is 24.3 Å². The van der Waals surface area contributed by atoms with Crippen molar-refractivity contribution in [1.29, 1.82) is 0 Å². The monoisotopic (exact) mass is 390 g/mol. The predicted octanol–water partition coefficient (Wildman–Crippen LogP) is 3.24. The number of nitro benzene ring substituents is 1. The van der Waals surface area contributed by atoms with Gasteiger partial charge in [-0.25, -0.2) is 0 Å². The Morgan fingerprint density at radius 2 is 1.96 bits per heavy atom. The molecule has 8 heteroatoms. The molecule has 2 aromatic carbocycles. The summed E-state index contributed by atoms with van der Waals surface area (Å²) in [5.74, 6) is -0.00283. The van der Waals surface area contributed by atoms with Crippen LogP contribution in [0, 0.1) is 10.1 Å². The maximum absolute atomic E-state index is 12.6. The molecule has 0 saturated heterocycles. The smallest absolute Gasteiger partial charge is 0.269 e. The molecule has 7 nitrogen and oxygen atoms in total. The number of rotatable bonds is 4. The molecule has 0 radical (unpaired) electrons. The zero-order valence-electron chi connectivity index (χ0n) is 12.2. The minimum Gasteiger partial charge on any atom is -0.482 e. The number of anilines is 1. The number of nitrogens with zero attached hydrogens (tertiary/aromatic N) is 1. The summed E-state index contributed by atoms with van der Waals surface area (Å²) in [5.41, 5.74) is 1.39. The second kappa shape index (κ2) is 6.40. The summed E-state index contributed by atoms with van der Waals surface area (Å²) in [6, 6.07) is 10.5. The van der Waals surface area contributed by atoms with Gasteiger partial charge in [-0.05, 0) is 23.8 Å². The van der Waals surface area contributed by atoms with Gasteiger partial charge in [0.15, 0.2) is 12.4 Å². The first-order valence-corrected chi connectivity index (χ1v) is 7.86. The van der Waals surface area contributed by atoms with Crippen molar-refractivity contribution in [2.45, 2.75) is 4.83 Å². The number of non-ortho nitro benzene ring substituents is 1. The number of hydrogen-bond acceptors (Lipinski definition) is 5. The molecule has 0 aromatic heterocycles. The third-order valence-corrected chi connectivity index (χ3v) is 4.47. The normalized spacial score (nSPS) is 14.1. The number of ketones is 1. The van der Waals surface area contributed by atoms with E-state index in [0.29, 0.717) is 22.6 Å². The molecule has 1 unspecified atom stereocenters. The molecule has 1 aliphatic rings. The van der Waals surface area contributed by atoms with Gasteiger partial charge in [0.05, 0.1) is 10.6 Å². The van der Waals surface area contributed by atoms with Gasteiger partial charge in [0.1, 0.15) is 10.6 Å². The maximum Gasteiger partial charge on any atom is 0.269 e. The van der Waals surface area contributed by atoms with E-state index in [2.05, 4.69) is 21.2 Å². The highest BCUT2D eigenvalue weighted by molar-refractivity contribution is 9.09. The van der Waals surface area contributed by atoms with Crippen LogP contribution in [0.3, 0.4) is 0 Å². The fraction of sp³-hybridized carbons (Fsp3) is 0.125. The molecule has 0 spiro atoms. The lowest BCUT2D eigenvalue weighted by Crippen LogP contribution is -2.25. The fourth-order valence-corrected chi connectivity index (χ4v) is 2.87. The Balaban J connectivity index is 1.84. The van der Waals surface area contributed by atoms with Crippen LogP contribution < -0.4 is 10.1 Å². The molecule has 1 aliphatic heterocycles. The molecule has 1 N–H and O–H groups in total. The van der Waals surface area contributed by atoms with Crippen molar-refractivity contribution >= 4 is 39.0 Å². The van der Waals surface area contributed by atoms with E-state index in [9.17, 15) is 19.7 Å². The van der Waals surface area contributed by atoms with E-state index in [-0.39, 0.29) is 24.0 Å². The Hall–Kier alpha value is -2.74. The molecule has 24 heavy (non-hydrogen) atoms. The van der Waals surface area contributed by atoms with Crippen LogP contribution in [-0.2, 0) is 4.79 Å². The lowest BCUT2D eigenvalue weighted by molar-refractivity contribution is -0.384. The van der Waals surface area contributed by atoms with Crippen LogP contribution in [0.4, 0.5) is 11.4 Å². The molecule has 0 fully saturated rings. The lowest BCUT2D eigenvalue weighted by Gasteiger charge is -2.18. The molecule has 122 valence electrons. The van der Waals surface area contributed by atoms with E-state index < -0.39 is 9.75 Å². The zero-order valence-corrected chi connectivity index (χ0v) is 13.8. The average Bonchev–Trinajstić information content (AvgIpc) is 2.59. The minimum atomic E-state index is -0.656. The summed E-state index contributed by atoms with van der Waals surface area (Å²) in [5, 5.41) is 13.3. The number of hydrogen-bond donors (Lipinski definition) is 1. The van der Waals surface area contributed by atoms with Gasteiger partial charge in [0.25, 0.3) is 11.6 Å². The van der Waals surface area contributed by atoms with Crippen molar-refractivity contribution in [2.24, 2.45) is 0 Å². The number of halogens is 1. The third kappa shape index (κ3) is 3.13. The number of amides is 1. The summed E-state index contributed by atoms with van der Waals surface area (Å²) in [6.07, 6.45) is 0. The number of Topliss-reactive ketones (excluding diaryl/α,β-unsaturated/α-hetero) is 1. The van der Waals surface area contributed by atoms with Crippen LogP contribution >= 0.6 is 15.9 Å². The highest BCUT2D eigenvalue weighted by Gasteiger charge is 2.23. The van der Waals surface area contributed by atoms with Gasteiger partial charge in [-0.15, -0.1) is 0 Å². The van der Waals surface area contributed by atoms with Crippen molar-refractivity contribution < 1.29 is 19.2 Å². The summed E-state index contributed by atoms with van der Waals surface area (Å²) < 4.78 is 5.25. The van der Waals surface area contributed by atoms with E-state index >= 15 is 0 Å². The number of ether oxygens (including phenoxy) is 1. The first-order valence-electron chi connectivity index (χ1n) is 6.95. The number of nitro groups is 1. The summed E-state index contributed by atoms with van der Waals surface area (Å²) >= 11 is 3.32. The molecule has 0 aliphatic carbocycles. The minimum absolute atomic E-state index is 0.0421. The van der Waals surface area contributed by atoms with Crippen molar-refractivity contribution in [3.05, 3.63) is 63.7 Å². The second-order valence-electron chi connectivity index (χ2n) is 5.12. The third-order valence-electron chi connectivity index (χ3n) is 3.52. The van der Waals surface area contributed by atoms with Crippen LogP contribution in [0.2, 0.25) is 0 Å². The molecule has 1 atom stereocenters. The highest BCUT2D eigenvalue weighted by atomic mass is 79.9. The number of nitrogens with one attached hydrogen (secondary N) is 1. The topological polar surface area (TPSA) is 98.5 Å². The van der Waals surface area contributed by atoms with Crippen LogP contribution in [0.1, 0.15) is 20.7 Å². The summed E-state index contributed by atoms with van der Waals surface area (Å²) in [7, 11) is 0. The molecule has 0 bridgehead atoms. The summed E-state index contributed by atoms with van der Waals surface area (Å²) in [6.45, 7) is -0.0514. The number of benzene rings is 2. The molecular formula is C16H11BrN2O5. The van der Waals surface area contributed by atoms with E-state index in [1.54, 1.807) is 18.2 Å². The Kier molecular flexibility index (Phi) is 4.30. The Labute approximate surface area is 144 Å². The largest absolute Gasteiger partial charge is 0.482 e. The van der Waals surface area contributed by atoms with E-state index in [1.807, 2.05) is 0 Å². The van der Waals surface area contributed by atoms with E-state index in [4.69, 9.17) is 4.74 Å². The van der Waals surface area contributed by atoms with Gasteiger partial charge in [-0.2, -0.15) is 0 Å². The van der Waals surface area contributed by atoms with E-state index in [0.717, 1.165) is 0 Å². The first-order chi connectivity index (χ1) is 11.5. The standard InChI is InChI=1S/C16H11BrN2O5/c17-15(9-1-4-11(5-2-9)19(22)23)16(21)10-3-6-13-12(7-10)18-14(20)8-24-13/h1-7,15H,8H2,(H,18,20). The molecule has 1 amide bonds. The van der Waals surface area contributed by atoms with Crippen LogP contribution in [0.5, 0.6) is 5.75 Å². The van der Waals surface area contributed by atoms with Gasteiger partial charge in [0.2, 0.25) is 0 Å². The van der Waals surface area contributed by atoms with Crippen molar-refractivity contribution in [1.82, 2.24) is 0 Å². The first kappa shape index (κ1) is 16.1. The fourth-order valence-electron chi connectivity index (χ4n) is 2.30. The number of alkyl halides is 1. The zero-order chi connectivity index (χ0) is 17.3. The van der Waals surface area contributed by atoms with Gasteiger partial charge in [0, 0.05) is 17.7 Å². The molecule has 3 rings (SSSR count). The molecule has 1 heterocycles. The maximum atomic E-state index is 12.6. The number of fused-ring (bicyclic) bond motifs is 1. The second-order valence-corrected chi connectivity index (χ2v) is 6.04. The van der Waals surface area contributed by atoms with Crippen LogP contribution in [-0.4, -0.2) is 23.2 Å². The SMILES string of the molecule is O=C1COc2ccc(C(=O)C(Br)c3ccc([N+](=O)[O-])cc3)cc2N1. The van der Waals surface area contributed by atoms with Gasteiger partial charge < -0.3 is 10.1 Å².